The molecule has 4 aromatic rings. The third-order valence-electron chi connectivity index (χ3n) is 6.03. The number of halogens is 3. The fraction of sp³-hybridized carbons (Fsp3) is 0.292. The van der Waals surface area contributed by atoms with Gasteiger partial charge in [-0.1, -0.05) is 23.4 Å². The van der Waals surface area contributed by atoms with E-state index in [1.165, 1.54) is 12.1 Å². The summed E-state index contributed by atoms with van der Waals surface area (Å²) < 4.78 is 49.9. The summed E-state index contributed by atoms with van der Waals surface area (Å²) in [6, 6.07) is 10.8. The van der Waals surface area contributed by atoms with Crippen molar-refractivity contribution in [3.05, 3.63) is 77.5 Å². The lowest BCUT2D eigenvalue weighted by atomic mass is 9.92. The van der Waals surface area contributed by atoms with Gasteiger partial charge in [0, 0.05) is 18.0 Å². The van der Waals surface area contributed by atoms with Crippen molar-refractivity contribution < 1.29 is 17.9 Å². The Morgan fingerprint density at radius 3 is 2.71 bits per heavy atom. The van der Waals surface area contributed by atoms with Crippen LogP contribution in [0.1, 0.15) is 41.4 Å². The zero-order valence-corrected chi connectivity index (χ0v) is 18.7. The number of benzene rings is 2. The highest BCUT2D eigenvalue weighted by Crippen LogP contribution is 2.40. The minimum absolute atomic E-state index is 0.217. The van der Waals surface area contributed by atoms with E-state index in [9.17, 15) is 13.2 Å². The largest absolute Gasteiger partial charge is 0.494 e. The van der Waals surface area contributed by atoms with Gasteiger partial charge in [0.15, 0.2) is 5.82 Å². The summed E-state index contributed by atoms with van der Waals surface area (Å²) in [5.41, 5.74) is 2.83. The summed E-state index contributed by atoms with van der Waals surface area (Å²) in [5.74, 6) is 1.17. The lowest BCUT2D eigenvalue weighted by Crippen LogP contribution is -2.23. The molecule has 7 nitrogen and oxygen atoms in total. The third kappa shape index (κ3) is 4.00. The summed E-state index contributed by atoms with van der Waals surface area (Å²) >= 11 is 0. The summed E-state index contributed by atoms with van der Waals surface area (Å²) in [4.78, 5) is 4.25. The van der Waals surface area contributed by atoms with Crippen LogP contribution in [0.5, 0.6) is 5.75 Å². The van der Waals surface area contributed by atoms with E-state index in [1.54, 1.807) is 24.2 Å². The molecule has 0 amide bonds. The molecule has 2 aromatic heterocycles. The summed E-state index contributed by atoms with van der Waals surface area (Å²) in [5, 5.41) is 11.8. The van der Waals surface area contributed by atoms with E-state index in [1.807, 2.05) is 35.9 Å². The predicted octanol–water partition coefficient (Wildman–Crippen LogP) is 5.47. The smallest absolute Gasteiger partial charge is 0.416 e. The SMILES string of the molecule is COc1cc(Nc2nnn3c2CCCC3c2ccccc2C(F)(F)F)ccc1-n1cnc(C)c1. The molecule has 176 valence electrons. The molecule has 0 saturated heterocycles. The Balaban J connectivity index is 1.46. The molecule has 34 heavy (non-hydrogen) atoms. The number of ether oxygens (including phenoxy) is 1. The first-order valence-electron chi connectivity index (χ1n) is 10.9. The van der Waals surface area contributed by atoms with E-state index in [0.29, 0.717) is 24.4 Å². The highest BCUT2D eigenvalue weighted by atomic mass is 19.4. The van der Waals surface area contributed by atoms with Gasteiger partial charge in [-0.15, -0.1) is 5.10 Å². The van der Waals surface area contributed by atoms with Crippen molar-refractivity contribution in [3.8, 4) is 11.4 Å². The molecule has 0 bridgehead atoms. The zero-order chi connectivity index (χ0) is 23.9. The van der Waals surface area contributed by atoms with Gasteiger partial charge >= 0.3 is 6.18 Å². The van der Waals surface area contributed by atoms with Crippen molar-refractivity contribution in [2.45, 2.75) is 38.4 Å². The first-order valence-corrected chi connectivity index (χ1v) is 10.9. The fourth-order valence-corrected chi connectivity index (χ4v) is 4.47. The van der Waals surface area contributed by atoms with Crippen LogP contribution >= 0.6 is 0 Å². The van der Waals surface area contributed by atoms with Gasteiger partial charge in [0.25, 0.3) is 0 Å². The molecule has 1 aliphatic rings. The van der Waals surface area contributed by atoms with Crippen molar-refractivity contribution in [1.82, 2.24) is 24.5 Å². The molecule has 1 aliphatic heterocycles. The van der Waals surface area contributed by atoms with Gasteiger partial charge in [-0.2, -0.15) is 13.2 Å². The van der Waals surface area contributed by atoms with E-state index in [4.69, 9.17) is 4.74 Å². The molecule has 1 N–H and O–H groups in total. The third-order valence-corrected chi connectivity index (χ3v) is 6.03. The number of methoxy groups -OCH3 is 1. The number of aryl methyl sites for hydroxylation is 1. The van der Waals surface area contributed by atoms with E-state index in [0.717, 1.165) is 35.2 Å². The molecule has 0 aliphatic carbocycles. The highest BCUT2D eigenvalue weighted by Gasteiger charge is 2.37. The lowest BCUT2D eigenvalue weighted by molar-refractivity contribution is -0.138. The predicted molar refractivity (Wildman–Crippen MR) is 121 cm³/mol. The Hall–Kier alpha value is -3.82. The number of rotatable bonds is 5. The molecule has 3 heterocycles. The summed E-state index contributed by atoms with van der Waals surface area (Å²) in [6.07, 6.45) is 1.16. The first kappa shape index (κ1) is 22.0. The van der Waals surface area contributed by atoms with Crippen LogP contribution in [0.15, 0.2) is 55.0 Å². The zero-order valence-electron chi connectivity index (χ0n) is 18.7. The van der Waals surface area contributed by atoms with Crippen LogP contribution < -0.4 is 10.1 Å². The molecule has 1 atom stereocenters. The first-order chi connectivity index (χ1) is 16.3. The van der Waals surface area contributed by atoms with Crippen molar-refractivity contribution in [1.29, 1.82) is 0 Å². The van der Waals surface area contributed by atoms with Crippen LogP contribution in [0.2, 0.25) is 0 Å². The monoisotopic (exact) mass is 468 g/mol. The van der Waals surface area contributed by atoms with E-state index < -0.39 is 17.8 Å². The number of imidazole rings is 1. The molecule has 1 unspecified atom stereocenters. The van der Waals surface area contributed by atoms with Crippen LogP contribution in [0.4, 0.5) is 24.7 Å². The number of hydrogen-bond donors (Lipinski definition) is 1. The second kappa shape index (κ2) is 8.51. The molecule has 0 radical (unpaired) electrons. The van der Waals surface area contributed by atoms with Crippen LogP contribution in [-0.4, -0.2) is 31.7 Å². The maximum absolute atomic E-state index is 13.6. The van der Waals surface area contributed by atoms with Gasteiger partial charge < -0.3 is 14.6 Å². The second-order valence-electron chi connectivity index (χ2n) is 8.26. The number of aromatic nitrogens is 5. The Kier molecular flexibility index (Phi) is 5.51. The van der Waals surface area contributed by atoms with Gasteiger partial charge in [0.2, 0.25) is 0 Å². The molecule has 5 rings (SSSR count). The Bertz CT molecular complexity index is 1330. The van der Waals surface area contributed by atoms with Crippen LogP contribution in [-0.2, 0) is 12.6 Å². The number of alkyl halides is 3. The Morgan fingerprint density at radius 1 is 1.15 bits per heavy atom. The summed E-state index contributed by atoms with van der Waals surface area (Å²) in [6.45, 7) is 1.91. The molecule has 0 spiro atoms. The second-order valence-corrected chi connectivity index (χ2v) is 8.26. The number of nitrogens with zero attached hydrogens (tertiary/aromatic N) is 5. The van der Waals surface area contributed by atoms with Crippen molar-refractivity contribution >= 4 is 11.5 Å². The minimum atomic E-state index is -4.43. The van der Waals surface area contributed by atoms with Gasteiger partial charge in [0.05, 0.1) is 42.1 Å². The van der Waals surface area contributed by atoms with E-state index in [2.05, 4.69) is 20.6 Å². The number of fused-ring (bicyclic) bond motifs is 1. The molecular weight excluding hydrogens is 445 g/mol. The molecule has 10 heteroatoms. The maximum Gasteiger partial charge on any atom is 0.416 e. The summed E-state index contributed by atoms with van der Waals surface area (Å²) in [7, 11) is 1.59. The number of hydrogen-bond acceptors (Lipinski definition) is 5. The minimum Gasteiger partial charge on any atom is -0.494 e. The Labute approximate surface area is 194 Å². The molecule has 2 aromatic carbocycles. The molecule has 0 fully saturated rings. The highest BCUT2D eigenvalue weighted by molar-refractivity contribution is 5.64. The number of nitrogens with one attached hydrogen (secondary N) is 1. The topological polar surface area (TPSA) is 69.8 Å². The average molecular weight is 468 g/mol. The van der Waals surface area contributed by atoms with E-state index in [-0.39, 0.29) is 5.56 Å². The van der Waals surface area contributed by atoms with Crippen LogP contribution in [0, 0.1) is 6.92 Å². The van der Waals surface area contributed by atoms with Gasteiger partial charge in [-0.3, -0.25) is 0 Å². The average Bonchev–Trinajstić information content (AvgIpc) is 3.44. The van der Waals surface area contributed by atoms with Crippen molar-refractivity contribution in [2.24, 2.45) is 0 Å². The number of anilines is 2. The lowest BCUT2D eigenvalue weighted by Gasteiger charge is -2.27. The van der Waals surface area contributed by atoms with Crippen LogP contribution in [0.3, 0.4) is 0 Å². The van der Waals surface area contributed by atoms with Crippen molar-refractivity contribution in [2.75, 3.05) is 12.4 Å². The normalized spacial score (nSPS) is 15.7. The molecule has 0 saturated carbocycles. The fourth-order valence-electron chi connectivity index (χ4n) is 4.47. The van der Waals surface area contributed by atoms with Gasteiger partial charge in [0.1, 0.15) is 5.75 Å². The Morgan fingerprint density at radius 2 is 1.97 bits per heavy atom. The van der Waals surface area contributed by atoms with Gasteiger partial charge in [-0.05, 0) is 49.9 Å². The van der Waals surface area contributed by atoms with E-state index >= 15 is 0 Å². The van der Waals surface area contributed by atoms with Crippen LogP contribution in [0.25, 0.3) is 5.69 Å². The standard InChI is InChI=1S/C24H23F3N6O/c1-15-13-32(14-28-15)20-11-10-16(12-22(20)34-2)29-23-21-9-5-8-19(33(21)31-30-23)17-6-3-4-7-18(17)24(25,26)27/h3-4,6-7,10-14,19,29H,5,8-9H2,1-2H3. The van der Waals surface area contributed by atoms with Crippen molar-refractivity contribution in [3.63, 3.8) is 0 Å². The maximum atomic E-state index is 13.6. The van der Waals surface area contributed by atoms with Gasteiger partial charge in [-0.25, -0.2) is 9.67 Å². The quantitative estimate of drug-likeness (QED) is 0.421. The molecular formula is C24H23F3N6O.